The number of rotatable bonds is 3. The van der Waals surface area contributed by atoms with Gasteiger partial charge in [-0.2, -0.15) is 0 Å². The minimum atomic E-state index is 0.399. The second kappa shape index (κ2) is 4.55. The molecular weight excluding hydrogens is 118 g/mol. The molecule has 0 unspecified atom stereocenters. The van der Waals surface area contributed by atoms with E-state index in [1.54, 1.807) is 0 Å². The predicted molar refractivity (Wildman–Crippen MR) is 41.6 cm³/mol. The van der Waals surface area contributed by atoms with Gasteiger partial charge in [0.15, 0.2) is 0 Å². The van der Waals surface area contributed by atoms with Crippen LogP contribution in [0.25, 0.3) is 0 Å². The van der Waals surface area contributed by atoms with Crippen LogP contribution in [0.1, 0.15) is 13.8 Å². The Balaban J connectivity index is 2.68. The third-order valence-corrected chi connectivity index (χ3v) is 3.09. The van der Waals surface area contributed by atoms with E-state index in [1.165, 1.54) is 15.9 Å². The highest BCUT2D eigenvalue weighted by Crippen LogP contribution is 1.70. The average Bonchev–Trinajstić information content (AvgIpc) is 1.61. The number of hydrogen-bond donors (Lipinski definition) is 1. The molecule has 0 aromatic carbocycles. The van der Waals surface area contributed by atoms with Crippen LogP contribution >= 0.6 is 0 Å². The topological polar surface area (TPSA) is 12.0 Å². The fourth-order valence-corrected chi connectivity index (χ4v) is 2.17. The molecule has 7 heavy (non-hydrogen) atoms. The molecule has 0 atom stereocenters. The summed E-state index contributed by atoms with van der Waals surface area (Å²) in [6.45, 7) is 4.40. The van der Waals surface area contributed by atoms with E-state index < -0.39 is 0 Å². The Bertz CT molecular complexity index is 38.7. The Hall–Kier alpha value is 0.394. The van der Waals surface area contributed by atoms with Gasteiger partial charge < -0.3 is 5.32 Å². The second-order valence-electron chi connectivity index (χ2n) is 2.11. The number of hydrogen-bond acceptors (Lipinski definition) is 1. The quantitative estimate of drug-likeness (QED) is 0.457. The van der Waals surface area contributed by atoms with Crippen LogP contribution in [0.4, 0.5) is 0 Å². The Kier molecular flexibility index (Phi) is 4.81. The third kappa shape index (κ3) is 6.39. The molecule has 1 nitrogen and oxygen atoms in total. The maximum atomic E-state index is 3.39. The van der Waals surface area contributed by atoms with Gasteiger partial charge in [-0.3, -0.25) is 0 Å². The summed E-state index contributed by atoms with van der Waals surface area (Å²) in [7, 11) is 1.87. The van der Waals surface area contributed by atoms with Crippen LogP contribution in [0.5, 0.6) is 0 Å². The first-order chi connectivity index (χ1) is 3.27. The molecule has 0 aliphatic carbocycles. The normalized spacial score (nSPS) is 12.4. The molecule has 3 heteroatoms. The summed E-state index contributed by atoms with van der Waals surface area (Å²) in [4.78, 5) is 0. The van der Waals surface area contributed by atoms with Crippen molar-refractivity contribution in [2.24, 2.45) is 0 Å². The summed E-state index contributed by atoms with van der Waals surface area (Å²) in [6, 6.07) is 0.710. The van der Waals surface area contributed by atoms with Crippen molar-refractivity contribution < 1.29 is 0 Å². The van der Waals surface area contributed by atoms with Gasteiger partial charge in [0.2, 0.25) is 0 Å². The van der Waals surface area contributed by atoms with Crippen LogP contribution in [0, 0.1) is 0 Å². The molecule has 0 saturated carbocycles. The standard InChI is InChI=1S/C4H15NSi2/c1-4(2)5-3-7-6/h4-5H,3,7H2,1-2,6H3. The van der Waals surface area contributed by atoms with E-state index in [-0.39, 0.29) is 0 Å². The maximum absolute atomic E-state index is 3.39. The van der Waals surface area contributed by atoms with Crippen molar-refractivity contribution in [3.05, 3.63) is 0 Å². The lowest BCUT2D eigenvalue weighted by Crippen LogP contribution is -2.27. The summed E-state index contributed by atoms with van der Waals surface area (Å²) in [5, 5.41) is 3.39. The van der Waals surface area contributed by atoms with E-state index >= 15 is 0 Å². The van der Waals surface area contributed by atoms with Crippen LogP contribution in [0.3, 0.4) is 0 Å². The Morgan fingerprint density at radius 2 is 2.29 bits per heavy atom. The van der Waals surface area contributed by atoms with Crippen molar-refractivity contribution in [1.29, 1.82) is 0 Å². The minimum Gasteiger partial charge on any atom is -0.318 e. The van der Waals surface area contributed by atoms with E-state index in [2.05, 4.69) is 19.2 Å². The summed E-state index contributed by atoms with van der Waals surface area (Å²) in [5.41, 5.74) is 0. The summed E-state index contributed by atoms with van der Waals surface area (Å²) < 4.78 is 0. The Morgan fingerprint density at radius 1 is 1.71 bits per heavy atom. The van der Waals surface area contributed by atoms with Crippen LogP contribution in [0.2, 0.25) is 0 Å². The van der Waals surface area contributed by atoms with E-state index in [9.17, 15) is 0 Å². The molecule has 0 saturated heterocycles. The van der Waals surface area contributed by atoms with Gasteiger partial charge in [-0.1, -0.05) is 13.8 Å². The molecule has 0 aromatic heterocycles. The van der Waals surface area contributed by atoms with Gasteiger partial charge in [0.25, 0.3) is 0 Å². The molecule has 0 heterocycles. The molecular formula is C4H15NSi2. The van der Waals surface area contributed by atoms with E-state index in [0.29, 0.717) is 15.1 Å². The highest BCUT2D eigenvalue weighted by molar-refractivity contribution is 6.89. The lowest BCUT2D eigenvalue weighted by molar-refractivity contribution is 0.650. The lowest BCUT2D eigenvalue weighted by Gasteiger charge is -2.03. The summed E-state index contributed by atoms with van der Waals surface area (Å²) >= 11 is 0. The van der Waals surface area contributed by atoms with Gasteiger partial charge >= 0.3 is 0 Å². The van der Waals surface area contributed by atoms with Gasteiger partial charge in [0, 0.05) is 15.1 Å². The highest BCUT2D eigenvalue weighted by atomic mass is 29.1. The fourth-order valence-electron chi connectivity index (χ4n) is 0.433. The van der Waals surface area contributed by atoms with Crippen LogP contribution in [-0.4, -0.2) is 31.0 Å². The Labute approximate surface area is 50.9 Å². The van der Waals surface area contributed by atoms with Gasteiger partial charge in [-0.25, -0.2) is 0 Å². The van der Waals surface area contributed by atoms with Crippen molar-refractivity contribution in [2.75, 3.05) is 6.17 Å². The Morgan fingerprint density at radius 3 is 2.43 bits per heavy atom. The van der Waals surface area contributed by atoms with Gasteiger partial charge in [-0.15, -0.1) is 0 Å². The zero-order chi connectivity index (χ0) is 5.70. The number of nitrogens with one attached hydrogen (secondary N) is 1. The van der Waals surface area contributed by atoms with Crippen molar-refractivity contribution in [2.45, 2.75) is 19.9 Å². The van der Waals surface area contributed by atoms with E-state index in [4.69, 9.17) is 0 Å². The fraction of sp³-hybridized carbons (Fsp3) is 1.00. The van der Waals surface area contributed by atoms with Crippen LogP contribution in [-0.2, 0) is 0 Å². The molecule has 0 fully saturated rings. The molecule has 0 bridgehead atoms. The largest absolute Gasteiger partial charge is 0.318 e. The molecule has 44 valence electrons. The molecule has 0 radical (unpaired) electrons. The van der Waals surface area contributed by atoms with E-state index in [1.807, 2.05) is 0 Å². The molecule has 0 aliphatic rings. The van der Waals surface area contributed by atoms with Crippen molar-refractivity contribution >= 4 is 18.8 Å². The lowest BCUT2D eigenvalue weighted by atomic mass is 10.4. The van der Waals surface area contributed by atoms with Crippen molar-refractivity contribution in [3.8, 4) is 0 Å². The third-order valence-electron chi connectivity index (χ3n) is 0.803. The first kappa shape index (κ1) is 7.39. The zero-order valence-corrected chi connectivity index (χ0v) is 8.91. The van der Waals surface area contributed by atoms with Crippen molar-refractivity contribution in [1.82, 2.24) is 5.32 Å². The van der Waals surface area contributed by atoms with Crippen LogP contribution < -0.4 is 5.32 Å². The molecule has 1 N–H and O–H groups in total. The molecule has 0 aromatic rings. The second-order valence-corrected chi connectivity index (χ2v) is 6.61. The average molecular weight is 133 g/mol. The molecule has 0 rings (SSSR count). The highest BCUT2D eigenvalue weighted by Gasteiger charge is 1.85. The first-order valence-electron chi connectivity index (χ1n) is 3.00. The monoisotopic (exact) mass is 133 g/mol. The SMILES string of the molecule is CC(C)NC[SiH2][SiH3]. The molecule has 0 aliphatic heterocycles. The van der Waals surface area contributed by atoms with Crippen molar-refractivity contribution in [3.63, 3.8) is 0 Å². The van der Waals surface area contributed by atoms with Gasteiger partial charge in [0.05, 0.1) is 0 Å². The van der Waals surface area contributed by atoms with Gasteiger partial charge in [-0.05, 0) is 15.9 Å². The first-order valence-corrected chi connectivity index (χ1v) is 9.66. The summed E-state index contributed by atoms with van der Waals surface area (Å²) in [6.07, 6.45) is 1.35. The predicted octanol–water partition coefficient (Wildman–Crippen LogP) is -1.61. The van der Waals surface area contributed by atoms with Gasteiger partial charge in [0.1, 0.15) is 0 Å². The van der Waals surface area contributed by atoms with Crippen LogP contribution in [0.15, 0.2) is 0 Å². The molecule has 0 spiro atoms. The summed E-state index contributed by atoms with van der Waals surface area (Å²) in [5.74, 6) is 0. The zero-order valence-electron chi connectivity index (χ0n) is 5.49. The molecule has 0 amide bonds. The maximum Gasteiger partial charge on any atom is 0.0210 e. The smallest absolute Gasteiger partial charge is 0.0210 e. The van der Waals surface area contributed by atoms with E-state index in [0.717, 1.165) is 0 Å². The minimum absolute atomic E-state index is 0.399.